The number of aromatic nitrogens is 3. The highest BCUT2D eigenvalue weighted by Crippen LogP contribution is 2.51. The number of fused-ring (bicyclic) bond motifs is 6. The molecule has 0 fully saturated rings. The maximum Gasteiger partial charge on any atom is 0.164 e. The summed E-state index contributed by atoms with van der Waals surface area (Å²) in [5, 5.41) is 2.24. The van der Waals surface area contributed by atoms with Crippen molar-refractivity contribution in [2.45, 2.75) is 12.0 Å². The van der Waals surface area contributed by atoms with Crippen molar-refractivity contribution >= 4 is 27.5 Å². The van der Waals surface area contributed by atoms with Crippen molar-refractivity contribution in [1.29, 1.82) is 0 Å². The van der Waals surface area contributed by atoms with Gasteiger partial charge in [0.2, 0.25) is 0 Å². The maximum absolute atomic E-state index is 6.57. The van der Waals surface area contributed by atoms with Crippen LogP contribution >= 0.6 is 0 Å². The molecule has 0 saturated carbocycles. The molecular weight excluding hydrogens is 542 g/mol. The number of hydrogen-bond donors (Lipinski definition) is 0. The van der Waals surface area contributed by atoms with Crippen molar-refractivity contribution in [2.75, 3.05) is 0 Å². The minimum absolute atomic E-state index is 0.0369. The molecule has 0 N–H and O–H groups in total. The fourth-order valence-corrected chi connectivity index (χ4v) is 6.51. The second kappa shape index (κ2) is 9.89. The van der Waals surface area contributed by atoms with Crippen LogP contribution in [0.15, 0.2) is 144 Å². The van der Waals surface area contributed by atoms with E-state index in [0.29, 0.717) is 17.5 Å². The average molecular weight is 568 g/mol. The Morgan fingerprint density at radius 1 is 0.545 bits per heavy atom. The number of para-hydroxylation sites is 1. The summed E-state index contributed by atoms with van der Waals surface area (Å²) in [6, 6.07) is 41.0. The van der Waals surface area contributed by atoms with E-state index in [2.05, 4.69) is 48.6 Å². The topological polar surface area (TPSA) is 61.0 Å². The largest absolute Gasteiger partial charge is 0.485 e. The zero-order chi connectivity index (χ0) is 29.0. The van der Waals surface area contributed by atoms with E-state index in [0.717, 1.165) is 55.5 Å². The summed E-state index contributed by atoms with van der Waals surface area (Å²) in [5.74, 6) is 2.71. The SMILES string of the molecule is C1=CC2Oc3cccc(-c4nc(-c5ccccc5)nc(-c5ccccc5)n4)c3C2C(c2ccc3c(c2)oc2ccccc23)=C1. The second-order valence-corrected chi connectivity index (χ2v) is 11.1. The molecule has 3 heterocycles. The number of rotatable bonds is 4. The van der Waals surface area contributed by atoms with E-state index in [1.165, 1.54) is 5.57 Å². The summed E-state index contributed by atoms with van der Waals surface area (Å²) in [4.78, 5) is 15.0. The molecule has 5 heteroatoms. The highest BCUT2D eigenvalue weighted by molar-refractivity contribution is 6.05. The molecule has 1 aliphatic carbocycles. The summed E-state index contributed by atoms with van der Waals surface area (Å²) in [5.41, 5.74) is 7.95. The number of nitrogens with zero attached hydrogens (tertiary/aromatic N) is 3. The molecule has 2 aliphatic rings. The summed E-state index contributed by atoms with van der Waals surface area (Å²) < 4.78 is 12.8. The first-order chi connectivity index (χ1) is 21.8. The molecule has 0 saturated heterocycles. The van der Waals surface area contributed by atoms with Gasteiger partial charge in [0.15, 0.2) is 17.5 Å². The molecule has 2 aromatic heterocycles. The quantitative estimate of drug-likeness (QED) is 0.212. The monoisotopic (exact) mass is 567 g/mol. The highest BCUT2D eigenvalue weighted by atomic mass is 16.5. The van der Waals surface area contributed by atoms with Crippen LogP contribution < -0.4 is 4.74 Å². The minimum atomic E-state index is -0.137. The van der Waals surface area contributed by atoms with E-state index < -0.39 is 0 Å². The lowest BCUT2D eigenvalue weighted by Gasteiger charge is -2.24. The van der Waals surface area contributed by atoms with E-state index in [-0.39, 0.29) is 12.0 Å². The zero-order valence-corrected chi connectivity index (χ0v) is 23.6. The zero-order valence-electron chi connectivity index (χ0n) is 23.6. The molecule has 0 spiro atoms. The van der Waals surface area contributed by atoms with Crippen LogP contribution in [0.5, 0.6) is 5.75 Å². The Labute approximate surface area is 253 Å². The number of hydrogen-bond acceptors (Lipinski definition) is 5. The van der Waals surface area contributed by atoms with Crippen LogP contribution in [0.3, 0.4) is 0 Å². The van der Waals surface area contributed by atoms with Crippen LogP contribution in [0, 0.1) is 0 Å². The standard InChI is InChI=1S/C39H25N3O2/c1-3-11-24(12-4-1)37-40-38(25-13-5-2-6-14-25)42-39(41-37)30-17-10-20-33-36(30)35-27(16-9-19-32(35)44-33)26-21-22-29-28-15-7-8-18-31(28)43-34(29)23-26/h1-23,32,35H. The Kier molecular flexibility index (Phi) is 5.56. The second-order valence-electron chi connectivity index (χ2n) is 11.1. The van der Waals surface area contributed by atoms with Crippen LogP contribution in [0.25, 0.3) is 61.7 Å². The van der Waals surface area contributed by atoms with Gasteiger partial charge < -0.3 is 9.15 Å². The van der Waals surface area contributed by atoms with Gasteiger partial charge in [0.25, 0.3) is 0 Å². The fourth-order valence-electron chi connectivity index (χ4n) is 6.51. The lowest BCUT2D eigenvalue weighted by molar-refractivity contribution is 0.271. The minimum Gasteiger partial charge on any atom is -0.485 e. The normalized spacial score (nSPS) is 16.9. The molecule has 7 aromatic rings. The Balaban J connectivity index is 1.21. The number of ether oxygens (including phenoxy) is 1. The van der Waals surface area contributed by atoms with Crippen LogP contribution in [0.4, 0.5) is 0 Å². The lowest BCUT2D eigenvalue weighted by Crippen LogP contribution is -2.19. The molecule has 5 aromatic carbocycles. The molecule has 2 unspecified atom stereocenters. The van der Waals surface area contributed by atoms with E-state index in [1.54, 1.807) is 0 Å². The molecule has 5 nitrogen and oxygen atoms in total. The van der Waals surface area contributed by atoms with Gasteiger partial charge >= 0.3 is 0 Å². The number of benzene rings is 5. The van der Waals surface area contributed by atoms with E-state index in [1.807, 2.05) is 91.0 Å². The summed E-state index contributed by atoms with van der Waals surface area (Å²) in [7, 11) is 0. The lowest BCUT2D eigenvalue weighted by atomic mass is 9.79. The van der Waals surface area contributed by atoms with Gasteiger partial charge in [0, 0.05) is 33.0 Å². The van der Waals surface area contributed by atoms with Crippen LogP contribution in [-0.4, -0.2) is 21.1 Å². The van der Waals surface area contributed by atoms with Gasteiger partial charge in [0.05, 0.1) is 5.92 Å². The first-order valence-electron chi connectivity index (χ1n) is 14.8. The van der Waals surface area contributed by atoms with Gasteiger partial charge in [-0.15, -0.1) is 0 Å². The van der Waals surface area contributed by atoms with Crippen molar-refractivity contribution < 1.29 is 9.15 Å². The molecule has 9 rings (SSSR count). The fraction of sp³-hybridized carbons (Fsp3) is 0.0513. The van der Waals surface area contributed by atoms with Gasteiger partial charge in [0.1, 0.15) is 23.0 Å². The molecule has 44 heavy (non-hydrogen) atoms. The van der Waals surface area contributed by atoms with Crippen LogP contribution in [0.2, 0.25) is 0 Å². The predicted octanol–water partition coefficient (Wildman–Crippen LogP) is 9.27. The number of furan rings is 1. The summed E-state index contributed by atoms with van der Waals surface area (Å²) >= 11 is 0. The molecule has 0 bridgehead atoms. The van der Waals surface area contributed by atoms with Crippen molar-refractivity contribution in [3.63, 3.8) is 0 Å². The van der Waals surface area contributed by atoms with Gasteiger partial charge in [-0.25, -0.2) is 15.0 Å². The molecule has 0 amide bonds. The van der Waals surface area contributed by atoms with E-state index in [9.17, 15) is 0 Å². The molecule has 208 valence electrons. The Bertz CT molecular complexity index is 2210. The molecule has 1 aliphatic heterocycles. The third-order valence-electron chi connectivity index (χ3n) is 8.53. The first-order valence-corrected chi connectivity index (χ1v) is 14.8. The Hall–Kier alpha value is -5.81. The van der Waals surface area contributed by atoms with Gasteiger partial charge in [-0.2, -0.15) is 0 Å². The predicted molar refractivity (Wildman–Crippen MR) is 174 cm³/mol. The third-order valence-corrected chi connectivity index (χ3v) is 8.53. The highest BCUT2D eigenvalue weighted by Gasteiger charge is 2.40. The number of allylic oxidation sites excluding steroid dienone is 2. The van der Waals surface area contributed by atoms with E-state index >= 15 is 0 Å². The van der Waals surface area contributed by atoms with Crippen LogP contribution in [-0.2, 0) is 0 Å². The maximum atomic E-state index is 6.57. The van der Waals surface area contributed by atoms with Crippen molar-refractivity contribution in [3.05, 3.63) is 151 Å². The van der Waals surface area contributed by atoms with Crippen molar-refractivity contribution in [3.8, 4) is 39.9 Å². The van der Waals surface area contributed by atoms with Gasteiger partial charge in [-0.1, -0.05) is 109 Å². The summed E-state index contributed by atoms with van der Waals surface area (Å²) in [6.45, 7) is 0. The molecule has 2 atom stereocenters. The van der Waals surface area contributed by atoms with Crippen molar-refractivity contribution in [1.82, 2.24) is 15.0 Å². The average Bonchev–Trinajstić information content (AvgIpc) is 3.67. The molecular formula is C39H25N3O2. The smallest absolute Gasteiger partial charge is 0.164 e. The van der Waals surface area contributed by atoms with E-state index in [4.69, 9.17) is 24.1 Å². The Morgan fingerprint density at radius 2 is 1.23 bits per heavy atom. The summed E-state index contributed by atoms with van der Waals surface area (Å²) in [6.07, 6.45) is 6.28. The van der Waals surface area contributed by atoms with Gasteiger partial charge in [-0.3, -0.25) is 0 Å². The van der Waals surface area contributed by atoms with Gasteiger partial charge in [-0.05, 0) is 41.5 Å². The van der Waals surface area contributed by atoms with Crippen LogP contribution in [0.1, 0.15) is 17.0 Å². The Morgan fingerprint density at radius 3 is 2.00 bits per heavy atom. The third kappa shape index (κ3) is 3.97. The molecule has 0 radical (unpaired) electrons. The first kappa shape index (κ1) is 24.8. The van der Waals surface area contributed by atoms with Crippen molar-refractivity contribution in [2.24, 2.45) is 0 Å².